The van der Waals surface area contributed by atoms with Crippen LogP contribution in [0.4, 0.5) is 5.69 Å². The molecule has 0 aliphatic rings. The van der Waals surface area contributed by atoms with E-state index >= 15 is 0 Å². The van der Waals surface area contributed by atoms with Gasteiger partial charge in [-0.05, 0) is 36.4 Å². The van der Waals surface area contributed by atoms with Crippen LogP contribution in [0, 0.1) is 10.1 Å². The maximum Gasteiger partial charge on any atom is 0.301 e. The van der Waals surface area contributed by atoms with Crippen molar-refractivity contribution in [3.63, 3.8) is 0 Å². The van der Waals surface area contributed by atoms with Gasteiger partial charge in [0.05, 0.1) is 9.82 Å². The quantitative estimate of drug-likeness (QED) is 0.423. The topological polar surface area (TPSA) is 141 Å². The molecule has 0 radical (unpaired) electrons. The third-order valence-corrected chi connectivity index (χ3v) is 4.93. The van der Waals surface area contributed by atoms with Crippen molar-refractivity contribution in [2.45, 2.75) is 11.5 Å². The number of benzene rings is 2. The van der Waals surface area contributed by atoms with Crippen LogP contribution in [-0.2, 0) is 16.6 Å². The average Bonchev–Trinajstić information content (AvgIpc) is 3.20. The number of furan rings is 1. The van der Waals surface area contributed by atoms with Crippen molar-refractivity contribution < 1.29 is 27.3 Å². The van der Waals surface area contributed by atoms with Crippen molar-refractivity contribution in [3.05, 3.63) is 88.4 Å². The van der Waals surface area contributed by atoms with Gasteiger partial charge in [-0.1, -0.05) is 18.2 Å². The Balaban J connectivity index is 1.57. The van der Waals surface area contributed by atoms with Gasteiger partial charge in [0.2, 0.25) is 0 Å². The van der Waals surface area contributed by atoms with Gasteiger partial charge in [-0.3, -0.25) is 20.3 Å². The van der Waals surface area contributed by atoms with Crippen LogP contribution in [0.2, 0.25) is 0 Å². The zero-order chi connectivity index (χ0) is 20.9. The molecule has 150 valence electrons. The van der Waals surface area contributed by atoms with E-state index in [-0.39, 0.29) is 22.9 Å². The van der Waals surface area contributed by atoms with Crippen molar-refractivity contribution >= 4 is 21.6 Å². The van der Waals surface area contributed by atoms with Crippen molar-refractivity contribution in [1.29, 1.82) is 0 Å². The van der Waals surface area contributed by atoms with E-state index in [4.69, 9.17) is 9.15 Å². The van der Waals surface area contributed by atoms with Gasteiger partial charge in [-0.25, -0.2) is 8.42 Å². The van der Waals surface area contributed by atoms with Crippen LogP contribution >= 0.6 is 0 Å². The second kappa shape index (κ2) is 8.54. The molecule has 3 rings (SSSR count). The molecule has 0 fully saturated rings. The second-order valence-corrected chi connectivity index (χ2v) is 7.36. The molecule has 29 heavy (non-hydrogen) atoms. The molecule has 0 spiro atoms. The summed E-state index contributed by atoms with van der Waals surface area (Å²) < 4.78 is 35.2. The van der Waals surface area contributed by atoms with Gasteiger partial charge >= 0.3 is 5.91 Å². The predicted octanol–water partition coefficient (Wildman–Crippen LogP) is 2.39. The number of nitrogens with one attached hydrogen (secondary N) is 2. The van der Waals surface area contributed by atoms with Crippen molar-refractivity contribution in [2.75, 3.05) is 0 Å². The van der Waals surface area contributed by atoms with Gasteiger partial charge in [-0.2, -0.15) is 0 Å². The fourth-order valence-corrected chi connectivity index (χ4v) is 3.07. The number of hydrogen-bond acceptors (Lipinski definition) is 7. The number of carbonyl (C=O) groups is 1. The second-order valence-electron chi connectivity index (χ2n) is 5.68. The molecule has 0 aliphatic heterocycles. The number of nitrogens with zero attached hydrogens (tertiary/aromatic N) is 1. The maximum atomic E-state index is 12.2. The van der Waals surface area contributed by atoms with Crippen molar-refractivity contribution in [3.8, 4) is 5.75 Å². The van der Waals surface area contributed by atoms with Gasteiger partial charge in [0, 0.05) is 12.1 Å². The molecule has 0 saturated heterocycles. The Morgan fingerprint density at radius 1 is 1.03 bits per heavy atom. The van der Waals surface area contributed by atoms with E-state index in [0.29, 0.717) is 11.5 Å². The molecule has 2 aromatic carbocycles. The molecule has 1 amide bonds. The van der Waals surface area contributed by atoms with E-state index < -0.39 is 20.9 Å². The Kier molecular flexibility index (Phi) is 5.90. The summed E-state index contributed by atoms with van der Waals surface area (Å²) in [5, 5.41) is 10.6. The Hall–Kier alpha value is -3.70. The van der Waals surface area contributed by atoms with E-state index in [0.717, 1.165) is 24.3 Å². The highest BCUT2D eigenvalue weighted by molar-refractivity contribution is 7.89. The summed E-state index contributed by atoms with van der Waals surface area (Å²) >= 11 is 0. The molecule has 0 aliphatic carbocycles. The number of amides is 1. The van der Waals surface area contributed by atoms with Crippen LogP contribution in [0.1, 0.15) is 16.3 Å². The minimum Gasteiger partial charge on any atom is -0.486 e. The van der Waals surface area contributed by atoms with Gasteiger partial charge < -0.3 is 9.15 Å². The summed E-state index contributed by atoms with van der Waals surface area (Å²) in [7, 11) is -4.12. The van der Waals surface area contributed by atoms with Crippen LogP contribution in [0.15, 0.2) is 76.0 Å². The molecule has 10 nitrogen and oxygen atoms in total. The summed E-state index contributed by atoms with van der Waals surface area (Å²) in [4.78, 5) is 23.7. The number of para-hydroxylation sites is 1. The van der Waals surface area contributed by atoms with Crippen molar-refractivity contribution in [2.24, 2.45) is 0 Å². The Morgan fingerprint density at radius 2 is 1.72 bits per heavy atom. The molecular weight excluding hydrogens is 402 g/mol. The highest BCUT2D eigenvalue weighted by Gasteiger charge is 2.18. The number of rotatable bonds is 8. The van der Waals surface area contributed by atoms with Gasteiger partial charge in [0.1, 0.15) is 18.1 Å². The number of nitro groups is 1. The van der Waals surface area contributed by atoms with Crippen LogP contribution < -0.4 is 15.0 Å². The number of hydrogen-bond donors (Lipinski definition) is 2. The SMILES string of the molecule is O=C(NNS(=O)(=O)c1ccc([N+](=O)[O-])cc1)c1ccc(COc2ccccc2)o1. The molecule has 1 aromatic heterocycles. The highest BCUT2D eigenvalue weighted by Crippen LogP contribution is 2.16. The average molecular weight is 417 g/mol. The monoisotopic (exact) mass is 417 g/mol. The number of carbonyl (C=O) groups excluding carboxylic acids is 1. The fourth-order valence-electron chi connectivity index (χ4n) is 2.23. The smallest absolute Gasteiger partial charge is 0.301 e. The number of sulfonamides is 1. The van der Waals surface area contributed by atoms with E-state index in [1.807, 2.05) is 28.5 Å². The number of non-ortho nitro benzene ring substituents is 1. The molecular formula is C18H15N3O7S. The highest BCUT2D eigenvalue weighted by atomic mass is 32.2. The van der Waals surface area contributed by atoms with Crippen LogP contribution in [-0.4, -0.2) is 19.2 Å². The number of ether oxygens (including phenoxy) is 1. The molecule has 0 unspecified atom stereocenters. The van der Waals surface area contributed by atoms with E-state index in [1.54, 1.807) is 12.1 Å². The predicted molar refractivity (Wildman–Crippen MR) is 100 cm³/mol. The van der Waals surface area contributed by atoms with E-state index in [2.05, 4.69) is 0 Å². The largest absolute Gasteiger partial charge is 0.486 e. The van der Waals surface area contributed by atoms with Gasteiger partial charge in [0.15, 0.2) is 5.76 Å². The standard InChI is InChI=1S/C18H15N3O7S/c22-18(17-11-8-15(28-17)12-27-14-4-2-1-3-5-14)19-20-29(25,26)16-9-6-13(7-10-16)21(23)24/h1-11,20H,12H2,(H,19,22). The summed E-state index contributed by atoms with van der Waals surface area (Å²) in [6.45, 7) is 0.0891. The van der Waals surface area contributed by atoms with Crippen LogP contribution in [0.3, 0.4) is 0 Å². The first-order valence-electron chi connectivity index (χ1n) is 8.18. The zero-order valence-electron chi connectivity index (χ0n) is 14.8. The first-order valence-corrected chi connectivity index (χ1v) is 9.66. The molecule has 11 heteroatoms. The summed E-state index contributed by atoms with van der Waals surface area (Å²) in [6.07, 6.45) is 0. The molecule has 0 bridgehead atoms. The number of hydrazine groups is 1. The van der Waals surface area contributed by atoms with Gasteiger partial charge in [-0.15, -0.1) is 4.83 Å². The lowest BCUT2D eigenvalue weighted by Gasteiger charge is -2.07. The fraction of sp³-hybridized carbons (Fsp3) is 0.0556. The zero-order valence-corrected chi connectivity index (χ0v) is 15.6. The van der Waals surface area contributed by atoms with E-state index in [1.165, 1.54) is 12.1 Å². The summed E-state index contributed by atoms with van der Waals surface area (Å²) in [5.41, 5.74) is 1.76. The Bertz CT molecular complexity index is 1110. The maximum absolute atomic E-state index is 12.2. The van der Waals surface area contributed by atoms with Gasteiger partial charge in [0.25, 0.3) is 15.7 Å². The lowest BCUT2D eigenvalue weighted by atomic mass is 10.3. The Labute approximate surface area is 165 Å². The Morgan fingerprint density at radius 3 is 2.38 bits per heavy atom. The minimum atomic E-state index is -4.12. The first kappa shape index (κ1) is 20.0. The molecule has 1 heterocycles. The molecule has 3 aromatic rings. The van der Waals surface area contributed by atoms with Crippen molar-refractivity contribution in [1.82, 2.24) is 10.3 Å². The minimum absolute atomic E-state index is 0.0891. The number of nitro benzene ring substituents is 1. The molecule has 0 atom stereocenters. The lowest BCUT2D eigenvalue weighted by Crippen LogP contribution is -2.41. The van der Waals surface area contributed by atoms with Crippen LogP contribution in [0.25, 0.3) is 0 Å². The lowest BCUT2D eigenvalue weighted by molar-refractivity contribution is -0.384. The van der Waals surface area contributed by atoms with Crippen LogP contribution in [0.5, 0.6) is 5.75 Å². The summed E-state index contributed by atoms with van der Waals surface area (Å²) in [5.74, 6) is 0.0625. The summed E-state index contributed by atoms with van der Waals surface area (Å²) in [6, 6.07) is 16.1. The third-order valence-electron chi connectivity index (χ3n) is 3.67. The van der Waals surface area contributed by atoms with E-state index in [9.17, 15) is 23.3 Å². The first-order chi connectivity index (χ1) is 13.8. The molecule has 0 saturated carbocycles. The molecule has 2 N–H and O–H groups in total. The normalized spacial score (nSPS) is 11.0. The third kappa shape index (κ3) is 5.18.